The van der Waals surface area contributed by atoms with Crippen molar-refractivity contribution in [2.75, 3.05) is 5.73 Å². The summed E-state index contributed by atoms with van der Waals surface area (Å²) in [6.07, 6.45) is 4.50. The summed E-state index contributed by atoms with van der Waals surface area (Å²) in [7, 11) is 0. The van der Waals surface area contributed by atoms with Crippen LogP contribution in [0.2, 0.25) is 0 Å². The number of aromatic amines is 1. The van der Waals surface area contributed by atoms with Crippen molar-refractivity contribution in [3.05, 3.63) is 29.6 Å². The molecule has 0 atom stereocenters. The summed E-state index contributed by atoms with van der Waals surface area (Å²) >= 11 is 0. The van der Waals surface area contributed by atoms with Gasteiger partial charge in [0.1, 0.15) is 11.6 Å². The van der Waals surface area contributed by atoms with Crippen LogP contribution in [0.3, 0.4) is 0 Å². The second kappa shape index (κ2) is 3.80. The van der Waals surface area contributed by atoms with Gasteiger partial charge in [-0.3, -0.25) is 0 Å². The topological polar surface area (TPSA) is 74.9 Å². The van der Waals surface area contributed by atoms with Crippen LogP contribution in [-0.2, 0) is 12.8 Å². The second-order valence-electron chi connectivity index (χ2n) is 4.49. The zero-order valence-electron chi connectivity index (χ0n) is 9.53. The first-order valence-corrected chi connectivity index (χ1v) is 5.90. The van der Waals surface area contributed by atoms with E-state index in [-0.39, 0.29) is 5.75 Å². The molecule has 17 heavy (non-hydrogen) atoms. The summed E-state index contributed by atoms with van der Waals surface area (Å²) in [5.41, 5.74) is 9.68. The normalized spacial score (nSPS) is 14.6. The molecule has 4 N–H and O–H groups in total. The average molecular weight is 229 g/mol. The van der Waals surface area contributed by atoms with Gasteiger partial charge in [-0.15, -0.1) is 0 Å². The molecule has 0 unspecified atom stereocenters. The molecule has 88 valence electrons. The molecular weight excluding hydrogens is 214 g/mol. The van der Waals surface area contributed by atoms with Crippen LogP contribution < -0.4 is 5.73 Å². The summed E-state index contributed by atoms with van der Waals surface area (Å²) in [5, 5.41) is 9.50. The maximum Gasteiger partial charge on any atom is 0.140 e. The molecule has 3 rings (SSSR count). The third kappa shape index (κ3) is 1.75. The van der Waals surface area contributed by atoms with Crippen LogP contribution >= 0.6 is 0 Å². The molecule has 1 aromatic carbocycles. The van der Waals surface area contributed by atoms with E-state index in [2.05, 4.69) is 9.97 Å². The maximum absolute atomic E-state index is 9.50. The van der Waals surface area contributed by atoms with Crippen LogP contribution in [0.15, 0.2) is 18.2 Å². The molecule has 1 aliphatic rings. The van der Waals surface area contributed by atoms with E-state index >= 15 is 0 Å². The van der Waals surface area contributed by atoms with E-state index in [4.69, 9.17) is 5.73 Å². The number of rotatable bonds is 1. The molecule has 2 aromatic rings. The Morgan fingerprint density at radius 2 is 2.06 bits per heavy atom. The van der Waals surface area contributed by atoms with Crippen LogP contribution in [0.4, 0.5) is 5.69 Å². The van der Waals surface area contributed by atoms with E-state index in [9.17, 15) is 5.11 Å². The molecule has 0 saturated carbocycles. The first-order chi connectivity index (χ1) is 8.24. The molecule has 0 bridgehead atoms. The van der Waals surface area contributed by atoms with Gasteiger partial charge in [0.2, 0.25) is 0 Å². The molecule has 0 aliphatic heterocycles. The molecule has 1 aliphatic carbocycles. The molecular formula is C13H15N3O. The van der Waals surface area contributed by atoms with Crippen molar-refractivity contribution in [1.82, 2.24) is 9.97 Å². The van der Waals surface area contributed by atoms with E-state index in [1.807, 2.05) is 0 Å². The summed E-state index contributed by atoms with van der Waals surface area (Å²) in [6.45, 7) is 0. The van der Waals surface area contributed by atoms with Crippen molar-refractivity contribution in [2.45, 2.75) is 25.7 Å². The number of imidazole rings is 1. The van der Waals surface area contributed by atoms with Gasteiger partial charge in [-0.05, 0) is 43.9 Å². The lowest BCUT2D eigenvalue weighted by atomic mass is 10.0. The number of nitrogen functional groups attached to an aromatic ring is 1. The molecule has 0 spiro atoms. The van der Waals surface area contributed by atoms with Gasteiger partial charge >= 0.3 is 0 Å². The number of aromatic hydroxyl groups is 1. The fourth-order valence-electron chi connectivity index (χ4n) is 2.33. The highest BCUT2D eigenvalue weighted by Gasteiger charge is 2.16. The second-order valence-corrected chi connectivity index (χ2v) is 4.49. The smallest absolute Gasteiger partial charge is 0.140 e. The van der Waals surface area contributed by atoms with E-state index < -0.39 is 0 Å². The molecule has 1 heterocycles. The zero-order valence-corrected chi connectivity index (χ0v) is 9.53. The minimum atomic E-state index is 0.212. The van der Waals surface area contributed by atoms with Gasteiger partial charge in [-0.1, -0.05) is 0 Å². The minimum absolute atomic E-state index is 0.212. The Morgan fingerprint density at radius 3 is 2.88 bits per heavy atom. The lowest BCUT2D eigenvalue weighted by molar-refractivity contribution is 0.475. The number of nitrogens with one attached hydrogen (secondary N) is 1. The predicted molar refractivity (Wildman–Crippen MR) is 66.7 cm³/mol. The molecule has 0 saturated heterocycles. The summed E-state index contributed by atoms with van der Waals surface area (Å²) in [6, 6.07) is 4.94. The zero-order chi connectivity index (χ0) is 11.8. The van der Waals surface area contributed by atoms with Gasteiger partial charge in [0.05, 0.1) is 5.69 Å². The fraction of sp³-hybridized carbons (Fsp3) is 0.308. The number of phenols is 1. The van der Waals surface area contributed by atoms with Crippen LogP contribution in [0.1, 0.15) is 24.2 Å². The number of benzene rings is 1. The Morgan fingerprint density at radius 1 is 1.24 bits per heavy atom. The number of anilines is 1. The number of aromatic nitrogens is 2. The largest absolute Gasteiger partial charge is 0.508 e. The highest BCUT2D eigenvalue weighted by molar-refractivity contribution is 5.73. The maximum atomic E-state index is 9.50. The fourth-order valence-corrected chi connectivity index (χ4v) is 2.33. The van der Waals surface area contributed by atoms with E-state index in [1.54, 1.807) is 18.2 Å². The lowest BCUT2D eigenvalue weighted by Crippen LogP contribution is -2.00. The summed E-state index contributed by atoms with van der Waals surface area (Å²) in [5.74, 6) is 0.980. The minimum Gasteiger partial charge on any atom is -0.508 e. The predicted octanol–water partition coefficient (Wildman–Crippen LogP) is 2.24. The van der Waals surface area contributed by atoms with Crippen molar-refractivity contribution in [2.24, 2.45) is 0 Å². The first-order valence-electron chi connectivity index (χ1n) is 5.90. The number of hydrogen-bond acceptors (Lipinski definition) is 3. The first kappa shape index (κ1) is 10.2. The monoisotopic (exact) mass is 229 g/mol. The highest BCUT2D eigenvalue weighted by atomic mass is 16.3. The van der Waals surface area contributed by atoms with Crippen molar-refractivity contribution >= 4 is 5.69 Å². The SMILES string of the molecule is Nc1ccc(O)cc1-c1nc2c([nH]1)CCCC2. The van der Waals surface area contributed by atoms with Crippen molar-refractivity contribution in [3.8, 4) is 17.1 Å². The van der Waals surface area contributed by atoms with Gasteiger partial charge in [0.15, 0.2) is 0 Å². The Balaban J connectivity index is 2.08. The third-order valence-electron chi connectivity index (χ3n) is 3.25. The highest BCUT2D eigenvalue weighted by Crippen LogP contribution is 2.30. The molecule has 0 radical (unpaired) electrons. The molecule has 1 aromatic heterocycles. The number of nitrogens with two attached hydrogens (primary N) is 1. The number of phenolic OH excluding ortho intramolecular Hbond substituents is 1. The van der Waals surface area contributed by atoms with E-state index in [1.165, 1.54) is 18.5 Å². The number of H-pyrrole nitrogens is 1. The van der Waals surface area contributed by atoms with Gasteiger partial charge in [-0.25, -0.2) is 4.98 Å². The van der Waals surface area contributed by atoms with Crippen molar-refractivity contribution < 1.29 is 5.11 Å². The van der Waals surface area contributed by atoms with Crippen molar-refractivity contribution in [1.29, 1.82) is 0 Å². The van der Waals surface area contributed by atoms with E-state index in [0.717, 1.165) is 29.9 Å². The number of fused-ring (bicyclic) bond motifs is 1. The van der Waals surface area contributed by atoms with Gasteiger partial charge in [0, 0.05) is 16.9 Å². The van der Waals surface area contributed by atoms with Gasteiger partial charge in [-0.2, -0.15) is 0 Å². The Bertz CT molecular complexity index is 536. The van der Waals surface area contributed by atoms with Crippen LogP contribution in [-0.4, -0.2) is 15.1 Å². The molecule has 4 heteroatoms. The Kier molecular flexibility index (Phi) is 2.28. The summed E-state index contributed by atoms with van der Waals surface area (Å²) < 4.78 is 0. The van der Waals surface area contributed by atoms with Crippen LogP contribution in [0.25, 0.3) is 11.4 Å². The third-order valence-corrected chi connectivity index (χ3v) is 3.25. The van der Waals surface area contributed by atoms with Gasteiger partial charge in [0.25, 0.3) is 0 Å². The number of nitrogens with zero attached hydrogens (tertiary/aromatic N) is 1. The number of aryl methyl sites for hydroxylation is 2. The molecule has 0 fully saturated rings. The summed E-state index contributed by atoms with van der Waals surface area (Å²) in [4.78, 5) is 7.89. The Hall–Kier alpha value is -1.97. The lowest BCUT2D eigenvalue weighted by Gasteiger charge is -2.07. The molecule has 0 amide bonds. The van der Waals surface area contributed by atoms with Crippen LogP contribution in [0.5, 0.6) is 5.75 Å². The van der Waals surface area contributed by atoms with E-state index in [0.29, 0.717) is 5.69 Å². The molecule has 4 nitrogen and oxygen atoms in total. The Labute approximate surface area is 99.5 Å². The standard InChI is InChI=1S/C13H15N3O/c14-10-6-5-8(17)7-9(10)13-15-11-3-1-2-4-12(11)16-13/h5-7,17H,1-4,14H2,(H,15,16). The quantitative estimate of drug-likeness (QED) is 0.518. The number of hydrogen-bond donors (Lipinski definition) is 3. The van der Waals surface area contributed by atoms with Crippen LogP contribution in [0, 0.1) is 0 Å². The van der Waals surface area contributed by atoms with Gasteiger partial charge < -0.3 is 15.8 Å². The van der Waals surface area contributed by atoms with Crippen molar-refractivity contribution in [3.63, 3.8) is 0 Å². The average Bonchev–Trinajstić information content (AvgIpc) is 2.75.